The Balaban J connectivity index is 1.97. The molecule has 2 rings (SSSR count). The van der Waals surface area contributed by atoms with Crippen LogP contribution in [0.5, 0.6) is 5.75 Å². The van der Waals surface area contributed by atoms with E-state index in [1.54, 1.807) is 38.3 Å². The third-order valence-corrected chi connectivity index (χ3v) is 3.48. The summed E-state index contributed by atoms with van der Waals surface area (Å²) in [7, 11) is 1.58. The second kappa shape index (κ2) is 7.60. The molecule has 2 amide bonds. The first kappa shape index (κ1) is 16.8. The van der Waals surface area contributed by atoms with E-state index in [4.69, 9.17) is 16.3 Å². The zero-order valence-corrected chi connectivity index (χ0v) is 13.4. The van der Waals surface area contributed by atoms with Gasteiger partial charge in [-0.15, -0.1) is 0 Å². The van der Waals surface area contributed by atoms with Crippen molar-refractivity contribution in [2.24, 2.45) is 0 Å². The number of ether oxygens (including phenoxy) is 1. The lowest BCUT2D eigenvalue weighted by molar-refractivity contribution is -0.136. The Bertz CT molecular complexity index is 704. The van der Waals surface area contributed by atoms with Gasteiger partial charge in [-0.3, -0.25) is 9.59 Å². The number of methoxy groups -OCH3 is 1. The first-order chi connectivity index (χ1) is 11.0. The Morgan fingerprint density at radius 1 is 1.17 bits per heavy atom. The summed E-state index contributed by atoms with van der Waals surface area (Å²) in [5.74, 6) is -0.843. The summed E-state index contributed by atoms with van der Waals surface area (Å²) in [6.45, 7) is 1.78. The quantitative estimate of drug-likeness (QED) is 0.665. The number of pyridine rings is 1. The average Bonchev–Trinajstić information content (AvgIpc) is 2.56. The van der Waals surface area contributed by atoms with Gasteiger partial charge in [0.2, 0.25) is 0 Å². The number of hydrogen-bond acceptors (Lipinski definition) is 4. The second-order valence-electron chi connectivity index (χ2n) is 4.76. The highest BCUT2D eigenvalue weighted by Gasteiger charge is 2.18. The molecule has 1 aromatic heterocycles. The Morgan fingerprint density at radius 3 is 2.48 bits per heavy atom. The minimum atomic E-state index is -0.805. The summed E-state index contributed by atoms with van der Waals surface area (Å²) in [5, 5.41) is 5.16. The monoisotopic (exact) mass is 333 g/mol. The highest BCUT2D eigenvalue weighted by Crippen LogP contribution is 2.18. The van der Waals surface area contributed by atoms with Gasteiger partial charge in [0, 0.05) is 6.20 Å². The van der Waals surface area contributed by atoms with Gasteiger partial charge in [-0.2, -0.15) is 0 Å². The van der Waals surface area contributed by atoms with Crippen LogP contribution in [0.1, 0.15) is 18.5 Å². The Hall–Kier alpha value is -2.60. The largest absolute Gasteiger partial charge is 0.497 e. The maximum absolute atomic E-state index is 12.0. The van der Waals surface area contributed by atoms with Gasteiger partial charge in [0.05, 0.1) is 18.8 Å². The summed E-state index contributed by atoms with van der Waals surface area (Å²) in [4.78, 5) is 27.7. The van der Waals surface area contributed by atoms with Crippen LogP contribution in [0.15, 0.2) is 42.6 Å². The van der Waals surface area contributed by atoms with Gasteiger partial charge in [-0.25, -0.2) is 4.98 Å². The fraction of sp³-hybridized carbons (Fsp3) is 0.188. The Labute approximate surface area is 138 Å². The van der Waals surface area contributed by atoms with E-state index in [9.17, 15) is 9.59 Å². The van der Waals surface area contributed by atoms with Crippen molar-refractivity contribution in [3.63, 3.8) is 0 Å². The van der Waals surface area contributed by atoms with Crippen LogP contribution in [-0.4, -0.2) is 23.9 Å². The fourth-order valence-electron chi connectivity index (χ4n) is 1.90. The molecule has 0 spiro atoms. The number of hydrogen-bond donors (Lipinski definition) is 2. The number of carbonyl (C=O) groups is 2. The molecule has 1 atom stereocenters. The van der Waals surface area contributed by atoms with Gasteiger partial charge >= 0.3 is 11.8 Å². The highest BCUT2D eigenvalue weighted by molar-refractivity contribution is 6.41. The third kappa shape index (κ3) is 4.43. The molecule has 0 saturated carbocycles. The van der Waals surface area contributed by atoms with Crippen molar-refractivity contribution in [2.45, 2.75) is 13.0 Å². The van der Waals surface area contributed by atoms with E-state index < -0.39 is 11.8 Å². The predicted molar refractivity (Wildman–Crippen MR) is 87.4 cm³/mol. The number of benzene rings is 1. The van der Waals surface area contributed by atoms with E-state index in [2.05, 4.69) is 15.6 Å². The van der Waals surface area contributed by atoms with E-state index in [0.717, 1.165) is 11.3 Å². The van der Waals surface area contributed by atoms with Crippen molar-refractivity contribution in [3.05, 3.63) is 53.3 Å². The SMILES string of the molecule is COc1ccc(C(C)NC(=O)C(=O)Nc2cccnc2Cl)cc1. The summed E-state index contributed by atoms with van der Waals surface area (Å²) >= 11 is 5.83. The van der Waals surface area contributed by atoms with Gasteiger partial charge in [-0.05, 0) is 36.8 Å². The van der Waals surface area contributed by atoms with Crippen LogP contribution < -0.4 is 15.4 Å². The minimum absolute atomic E-state index is 0.122. The predicted octanol–water partition coefficient (Wildman–Crippen LogP) is 2.56. The topological polar surface area (TPSA) is 80.3 Å². The van der Waals surface area contributed by atoms with Crippen LogP contribution >= 0.6 is 11.6 Å². The van der Waals surface area contributed by atoms with Crippen LogP contribution in [-0.2, 0) is 9.59 Å². The lowest BCUT2D eigenvalue weighted by Gasteiger charge is -2.14. The molecule has 1 unspecified atom stereocenters. The molecule has 0 bridgehead atoms. The smallest absolute Gasteiger partial charge is 0.313 e. The number of amides is 2. The number of anilines is 1. The van der Waals surface area contributed by atoms with Crippen molar-refractivity contribution < 1.29 is 14.3 Å². The van der Waals surface area contributed by atoms with Crippen molar-refractivity contribution in [2.75, 3.05) is 12.4 Å². The molecule has 6 nitrogen and oxygen atoms in total. The van der Waals surface area contributed by atoms with Crippen molar-refractivity contribution in [3.8, 4) is 5.75 Å². The van der Waals surface area contributed by atoms with Crippen LogP contribution in [0.3, 0.4) is 0 Å². The first-order valence-electron chi connectivity index (χ1n) is 6.87. The highest BCUT2D eigenvalue weighted by atomic mass is 35.5. The number of halogens is 1. The summed E-state index contributed by atoms with van der Waals surface area (Å²) in [5.41, 5.74) is 1.14. The average molecular weight is 334 g/mol. The summed E-state index contributed by atoms with van der Waals surface area (Å²) in [6, 6.07) is 10.1. The zero-order valence-electron chi connectivity index (χ0n) is 12.7. The molecule has 2 aromatic rings. The Morgan fingerprint density at radius 2 is 1.87 bits per heavy atom. The number of carbonyl (C=O) groups excluding carboxylic acids is 2. The van der Waals surface area contributed by atoms with Gasteiger partial charge in [0.25, 0.3) is 0 Å². The molecule has 0 fully saturated rings. The number of rotatable bonds is 4. The molecule has 0 aliphatic heterocycles. The number of nitrogens with zero attached hydrogens (tertiary/aromatic N) is 1. The number of nitrogens with one attached hydrogen (secondary N) is 2. The maximum atomic E-state index is 12.0. The molecule has 120 valence electrons. The first-order valence-corrected chi connectivity index (χ1v) is 7.25. The molecule has 7 heteroatoms. The second-order valence-corrected chi connectivity index (χ2v) is 5.12. The van der Waals surface area contributed by atoms with Crippen LogP contribution in [0, 0.1) is 0 Å². The van der Waals surface area contributed by atoms with E-state index >= 15 is 0 Å². The molecule has 0 aliphatic rings. The number of aromatic nitrogens is 1. The third-order valence-electron chi connectivity index (χ3n) is 3.18. The van der Waals surface area contributed by atoms with Gasteiger partial charge < -0.3 is 15.4 Å². The van der Waals surface area contributed by atoms with E-state index in [1.807, 2.05) is 12.1 Å². The maximum Gasteiger partial charge on any atom is 0.313 e. The lowest BCUT2D eigenvalue weighted by Crippen LogP contribution is -2.37. The lowest BCUT2D eigenvalue weighted by atomic mass is 10.1. The van der Waals surface area contributed by atoms with E-state index in [-0.39, 0.29) is 16.9 Å². The summed E-state index contributed by atoms with van der Waals surface area (Å²) in [6.07, 6.45) is 1.49. The molecule has 0 saturated heterocycles. The fourth-order valence-corrected chi connectivity index (χ4v) is 2.06. The van der Waals surface area contributed by atoms with Crippen LogP contribution in [0.2, 0.25) is 5.15 Å². The summed E-state index contributed by atoms with van der Waals surface area (Å²) < 4.78 is 5.08. The molecule has 2 N–H and O–H groups in total. The minimum Gasteiger partial charge on any atom is -0.497 e. The zero-order chi connectivity index (χ0) is 16.8. The van der Waals surface area contributed by atoms with E-state index in [1.165, 1.54) is 6.20 Å². The molecular formula is C16H16ClN3O3. The van der Waals surface area contributed by atoms with Crippen molar-refractivity contribution in [1.82, 2.24) is 10.3 Å². The molecule has 0 radical (unpaired) electrons. The van der Waals surface area contributed by atoms with E-state index in [0.29, 0.717) is 0 Å². The van der Waals surface area contributed by atoms with Crippen LogP contribution in [0.25, 0.3) is 0 Å². The van der Waals surface area contributed by atoms with Gasteiger partial charge in [0.1, 0.15) is 5.75 Å². The molecule has 1 aromatic carbocycles. The molecule has 1 heterocycles. The molecule has 23 heavy (non-hydrogen) atoms. The Kier molecular flexibility index (Phi) is 5.54. The normalized spacial score (nSPS) is 11.4. The van der Waals surface area contributed by atoms with Gasteiger partial charge in [0.15, 0.2) is 5.15 Å². The standard InChI is InChI=1S/C16H16ClN3O3/c1-10(11-5-7-12(23-2)8-6-11)19-15(21)16(22)20-13-4-3-9-18-14(13)17/h3-10H,1-2H3,(H,19,21)(H,20,22). The van der Waals surface area contributed by atoms with Crippen molar-refractivity contribution >= 4 is 29.1 Å². The molecular weight excluding hydrogens is 318 g/mol. The van der Waals surface area contributed by atoms with Crippen molar-refractivity contribution in [1.29, 1.82) is 0 Å². The molecule has 0 aliphatic carbocycles. The van der Waals surface area contributed by atoms with Gasteiger partial charge in [-0.1, -0.05) is 23.7 Å². The van der Waals surface area contributed by atoms with Crippen LogP contribution in [0.4, 0.5) is 5.69 Å².